The zero-order valence-electron chi connectivity index (χ0n) is 14.4. The summed E-state index contributed by atoms with van der Waals surface area (Å²) < 4.78 is 33.9. The molecule has 2 rings (SSSR count). The molecule has 1 aliphatic heterocycles. The molecule has 1 aromatic carbocycles. The van der Waals surface area contributed by atoms with Crippen molar-refractivity contribution in [3.8, 4) is 11.5 Å². The number of hydrogen-bond donors (Lipinski definition) is 1. The fourth-order valence-corrected chi connectivity index (χ4v) is 4.77. The Kier molecular flexibility index (Phi) is 5.89. The van der Waals surface area contributed by atoms with Crippen LogP contribution in [0.25, 0.3) is 6.08 Å². The highest BCUT2D eigenvalue weighted by atomic mass is 32.2. The van der Waals surface area contributed by atoms with E-state index in [1.807, 2.05) is 0 Å². The largest absolute Gasteiger partial charge is 0.493 e. The third kappa shape index (κ3) is 5.35. The second-order valence-corrected chi connectivity index (χ2v) is 8.42. The zero-order valence-corrected chi connectivity index (χ0v) is 15.3. The molecule has 25 heavy (non-hydrogen) atoms. The number of carbonyl (C=O) groups is 1. The average molecular weight is 365 g/mol. The smallest absolute Gasteiger partial charge is 0.244 e. The molecule has 1 fully saturated rings. The predicted molar refractivity (Wildman–Crippen MR) is 97.5 cm³/mol. The van der Waals surface area contributed by atoms with Crippen molar-refractivity contribution in [1.82, 2.24) is 5.32 Å². The summed E-state index contributed by atoms with van der Waals surface area (Å²) in [5.74, 6) is 0.899. The minimum Gasteiger partial charge on any atom is -0.493 e. The Morgan fingerprint density at radius 3 is 2.76 bits per heavy atom. The summed E-state index contributed by atoms with van der Waals surface area (Å²) >= 11 is 0. The minimum absolute atomic E-state index is 0.0251. The molecule has 0 aliphatic carbocycles. The number of sulfone groups is 1. The lowest BCUT2D eigenvalue weighted by Crippen LogP contribution is -2.46. The fraction of sp³-hybridized carbons (Fsp3) is 0.389. The molecule has 1 saturated heterocycles. The molecule has 6 nitrogen and oxygen atoms in total. The van der Waals surface area contributed by atoms with Gasteiger partial charge in [-0.3, -0.25) is 4.79 Å². The van der Waals surface area contributed by atoms with Crippen LogP contribution in [0, 0.1) is 0 Å². The van der Waals surface area contributed by atoms with Crippen LogP contribution in [0.2, 0.25) is 0 Å². The van der Waals surface area contributed by atoms with Gasteiger partial charge in [-0.1, -0.05) is 18.7 Å². The molecule has 1 aliphatic rings. The second-order valence-electron chi connectivity index (χ2n) is 6.24. The van der Waals surface area contributed by atoms with Crippen molar-refractivity contribution in [2.45, 2.75) is 18.9 Å². The second kappa shape index (κ2) is 7.74. The van der Waals surface area contributed by atoms with E-state index in [0.717, 1.165) is 5.56 Å². The quantitative estimate of drug-likeness (QED) is 0.590. The number of methoxy groups -OCH3 is 1. The number of nitrogens with one attached hydrogen (secondary N) is 1. The SMILES string of the molecule is C=CCOc1ccc(/C=C/C(=O)NC2(C)CCS(=O)(=O)C2)cc1OC. The Balaban J connectivity index is 2.03. The molecule has 0 spiro atoms. The Morgan fingerprint density at radius 1 is 1.40 bits per heavy atom. The van der Waals surface area contributed by atoms with Gasteiger partial charge in [0, 0.05) is 6.08 Å². The minimum atomic E-state index is -3.06. The molecule has 1 atom stereocenters. The standard InChI is InChI=1S/C18H23NO5S/c1-4-10-24-15-7-5-14(12-16(15)23-3)6-8-17(20)19-18(2)9-11-25(21,22)13-18/h4-8,12H,1,9-11,13H2,2-3H3,(H,19,20)/b8-6+. The molecule has 0 bridgehead atoms. The lowest BCUT2D eigenvalue weighted by atomic mass is 10.0. The molecule has 0 aromatic heterocycles. The van der Waals surface area contributed by atoms with Crippen LogP contribution in [0.4, 0.5) is 0 Å². The van der Waals surface area contributed by atoms with E-state index in [4.69, 9.17) is 9.47 Å². The first-order valence-corrected chi connectivity index (χ1v) is 9.71. The average Bonchev–Trinajstić information content (AvgIpc) is 2.84. The monoisotopic (exact) mass is 365 g/mol. The lowest BCUT2D eigenvalue weighted by molar-refractivity contribution is -0.117. The number of benzene rings is 1. The molecule has 1 N–H and O–H groups in total. The Hall–Kier alpha value is -2.28. The molecule has 1 unspecified atom stereocenters. The van der Waals surface area contributed by atoms with Crippen LogP contribution in [0.1, 0.15) is 18.9 Å². The highest BCUT2D eigenvalue weighted by Crippen LogP contribution is 2.28. The summed E-state index contributed by atoms with van der Waals surface area (Å²) in [5.41, 5.74) is 0.0579. The molecule has 0 radical (unpaired) electrons. The summed E-state index contributed by atoms with van der Waals surface area (Å²) in [6.07, 6.45) is 5.09. The highest BCUT2D eigenvalue weighted by molar-refractivity contribution is 7.91. The van der Waals surface area contributed by atoms with Crippen LogP contribution in [0.3, 0.4) is 0 Å². The lowest BCUT2D eigenvalue weighted by Gasteiger charge is -2.22. The number of hydrogen-bond acceptors (Lipinski definition) is 5. The van der Waals surface area contributed by atoms with Crippen molar-refractivity contribution >= 4 is 21.8 Å². The van der Waals surface area contributed by atoms with Crippen molar-refractivity contribution in [2.75, 3.05) is 25.2 Å². The van der Waals surface area contributed by atoms with Gasteiger partial charge in [0.1, 0.15) is 6.61 Å². The van der Waals surface area contributed by atoms with E-state index >= 15 is 0 Å². The molecular formula is C18H23NO5S. The fourth-order valence-electron chi connectivity index (χ4n) is 2.68. The summed E-state index contributed by atoms with van der Waals surface area (Å²) in [6, 6.07) is 5.31. The van der Waals surface area contributed by atoms with E-state index in [-0.39, 0.29) is 17.4 Å². The molecule has 1 amide bonds. The predicted octanol–water partition coefficient (Wildman–Crippen LogP) is 1.97. The van der Waals surface area contributed by atoms with Gasteiger partial charge in [-0.2, -0.15) is 0 Å². The summed E-state index contributed by atoms with van der Waals surface area (Å²) in [6.45, 7) is 5.71. The van der Waals surface area contributed by atoms with Gasteiger partial charge in [-0.25, -0.2) is 8.42 Å². The maximum Gasteiger partial charge on any atom is 0.244 e. The van der Waals surface area contributed by atoms with E-state index < -0.39 is 15.4 Å². The van der Waals surface area contributed by atoms with Crippen molar-refractivity contribution in [3.63, 3.8) is 0 Å². The van der Waals surface area contributed by atoms with Crippen LogP contribution in [-0.4, -0.2) is 45.1 Å². The van der Waals surface area contributed by atoms with Crippen LogP contribution >= 0.6 is 0 Å². The molecule has 1 heterocycles. The van der Waals surface area contributed by atoms with Gasteiger partial charge in [0.15, 0.2) is 21.3 Å². The van der Waals surface area contributed by atoms with Crippen molar-refractivity contribution in [1.29, 1.82) is 0 Å². The maximum absolute atomic E-state index is 12.1. The summed E-state index contributed by atoms with van der Waals surface area (Å²) in [7, 11) is -1.53. The Labute approximate surface area is 148 Å². The van der Waals surface area contributed by atoms with E-state index in [2.05, 4.69) is 11.9 Å². The van der Waals surface area contributed by atoms with Crippen LogP contribution in [0.5, 0.6) is 11.5 Å². The van der Waals surface area contributed by atoms with E-state index in [9.17, 15) is 13.2 Å². The van der Waals surface area contributed by atoms with Gasteiger partial charge >= 0.3 is 0 Å². The van der Waals surface area contributed by atoms with Gasteiger partial charge in [-0.15, -0.1) is 0 Å². The van der Waals surface area contributed by atoms with Gasteiger partial charge in [-0.05, 0) is 37.1 Å². The molecule has 7 heteroatoms. The summed E-state index contributed by atoms with van der Waals surface area (Å²) in [5, 5.41) is 2.78. The third-order valence-electron chi connectivity index (χ3n) is 3.90. The topological polar surface area (TPSA) is 81.7 Å². The Morgan fingerprint density at radius 2 is 2.16 bits per heavy atom. The molecule has 0 saturated carbocycles. The van der Waals surface area contributed by atoms with Crippen molar-refractivity contribution in [2.24, 2.45) is 0 Å². The highest BCUT2D eigenvalue weighted by Gasteiger charge is 2.39. The number of amides is 1. The first-order chi connectivity index (χ1) is 11.8. The number of carbonyl (C=O) groups excluding carboxylic acids is 1. The third-order valence-corrected chi connectivity index (χ3v) is 5.80. The van der Waals surface area contributed by atoms with Gasteiger partial charge in [0.05, 0.1) is 24.2 Å². The van der Waals surface area contributed by atoms with Gasteiger partial charge < -0.3 is 14.8 Å². The first-order valence-electron chi connectivity index (χ1n) is 7.89. The molecule has 1 aromatic rings. The number of ether oxygens (including phenoxy) is 2. The molecule has 136 valence electrons. The van der Waals surface area contributed by atoms with E-state index in [1.54, 1.807) is 37.3 Å². The number of rotatable bonds is 7. The van der Waals surface area contributed by atoms with Crippen LogP contribution < -0.4 is 14.8 Å². The van der Waals surface area contributed by atoms with E-state index in [1.165, 1.54) is 13.2 Å². The Bertz CT molecular complexity index is 785. The van der Waals surface area contributed by atoms with Crippen LogP contribution in [0.15, 0.2) is 36.9 Å². The first kappa shape index (κ1) is 19.1. The van der Waals surface area contributed by atoms with Crippen molar-refractivity contribution < 1.29 is 22.7 Å². The maximum atomic E-state index is 12.1. The zero-order chi connectivity index (χ0) is 18.5. The van der Waals surface area contributed by atoms with Gasteiger partial charge in [0.25, 0.3) is 0 Å². The van der Waals surface area contributed by atoms with Crippen molar-refractivity contribution in [3.05, 3.63) is 42.5 Å². The van der Waals surface area contributed by atoms with Gasteiger partial charge in [0.2, 0.25) is 5.91 Å². The van der Waals surface area contributed by atoms with E-state index in [0.29, 0.717) is 24.5 Å². The summed E-state index contributed by atoms with van der Waals surface area (Å²) in [4.78, 5) is 12.1. The van der Waals surface area contributed by atoms with Crippen LogP contribution in [-0.2, 0) is 14.6 Å². The molecular weight excluding hydrogens is 342 g/mol. The normalized spacial score (nSPS) is 21.8.